The molecule has 5 heteroatoms. The average Bonchev–Trinajstić information content (AvgIpc) is 3.09. The van der Waals surface area contributed by atoms with Crippen LogP contribution in [0.2, 0.25) is 0 Å². The van der Waals surface area contributed by atoms with E-state index in [1.165, 1.54) is 0 Å². The third-order valence-corrected chi connectivity index (χ3v) is 6.74. The molecule has 0 radical (unpaired) electrons. The summed E-state index contributed by atoms with van der Waals surface area (Å²) in [7, 11) is 0. The molecule has 2 atom stereocenters. The van der Waals surface area contributed by atoms with Crippen LogP contribution in [-0.4, -0.2) is 34.6 Å². The molecule has 2 N–H and O–H groups in total. The maximum absolute atomic E-state index is 13.9. The van der Waals surface area contributed by atoms with Crippen molar-refractivity contribution in [1.29, 1.82) is 0 Å². The van der Waals surface area contributed by atoms with Crippen molar-refractivity contribution in [3.05, 3.63) is 29.8 Å². The smallest absolute Gasteiger partial charge is 0.291 e. The summed E-state index contributed by atoms with van der Waals surface area (Å²) in [4.78, 5) is 27.4. The van der Waals surface area contributed by atoms with Crippen LogP contribution in [0.3, 0.4) is 0 Å². The quantitative estimate of drug-likeness (QED) is 0.420. The fraction of sp³-hybridized carbons (Fsp3) is 0.619. The van der Waals surface area contributed by atoms with E-state index in [0.717, 1.165) is 31.2 Å². The minimum Gasteiger partial charge on any atom is -0.291 e. The van der Waals surface area contributed by atoms with Crippen molar-refractivity contribution in [2.24, 2.45) is 11.3 Å². The van der Waals surface area contributed by atoms with Crippen LogP contribution in [0.4, 0.5) is 5.69 Å². The maximum atomic E-state index is 13.9. The third kappa shape index (κ3) is 2.23. The summed E-state index contributed by atoms with van der Waals surface area (Å²) in [6.45, 7) is 9.53. The highest BCUT2D eigenvalue weighted by Crippen LogP contribution is 2.75. The Bertz CT molecular complexity index is 702. The molecule has 1 aromatic carbocycles. The van der Waals surface area contributed by atoms with Crippen molar-refractivity contribution in [3.63, 3.8) is 0 Å². The number of nitrogens with zero attached hydrogens (tertiary/aromatic N) is 1. The first-order valence-electron chi connectivity index (χ1n) is 9.81. The standard InChI is InChI=1S/C21H31N2O3/c1-5-7-13-23(14-8-6-2)18(24)17-20(3,4)21(17,19(23)25)15-9-11-16(22-26)12-10-15/h9-12,17,22,26H,5-8,13-14H2,1-4H3/q+1. The number of hydrogen-bond donors (Lipinski definition) is 2. The molecule has 0 bridgehead atoms. The van der Waals surface area contributed by atoms with Crippen molar-refractivity contribution in [2.45, 2.75) is 58.8 Å². The molecule has 142 valence electrons. The summed E-state index contributed by atoms with van der Waals surface area (Å²) in [6, 6.07) is 7.28. The van der Waals surface area contributed by atoms with E-state index < -0.39 is 5.41 Å². The Kier molecular flexibility index (Phi) is 4.74. The van der Waals surface area contributed by atoms with Crippen LogP contribution >= 0.6 is 0 Å². The van der Waals surface area contributed by atoms with Crippen molar-refractivity contribution in [1.82, 2.24) is 0 Å². The van der Waals surface area contributed by atoms with Crippen molar-refractivity contribution < 1.29 is 19.3 Å². The van der Waals surface area contributed by atoms with Crippen molar-refractivity contribution in [2.75, 3.05) is 18.6 Å². The maximum Gasteiger partial charge on any atom is 0.333 e. The van der Waals surface area contributed by atoms with Gasteiger partial charge in [0.05, 0.1) is 18.8 Å². The number of carbonyl (C=O) groups is 2. The van der Waals surface area contributed by atoms with Gasteiger partial charge in [-0.1, -0.05) is 52.7 Å². The van der Waals surface area contributed by atoms with Gasteiger partial charge in [0.25, 0.3) is 0 Å². The van der Waals surface area contributed by atoms with E-state index in [9.17, 15) is 9.59 Å². The Hall–Kier alpha value is -1.72. The van der Waals surface area contributed by atoms with Crippen LogP contribution in [0.15, 0.2) is 24.3 Å². The molecule has 0 aromatic heterocycles. The number of unbranched alkanes of at least 4 members (excludes halogenated alkanes) is 2. The molecule has 2 aliphatic rings. The number of amides is 2. The van der Waals surface area contributed by atoms with Gasteiger partial charge in [-0.15, -0.1) is 0 Å². The number of rotatable bonds is 8. The van der Waals surface area contributed by atoms with Gasteiger partial charge < -0.3 is 0 Å². The van der Waals surface area contributed by atoms with E-state index >= 15 is 0 Å². The first-order valence-corrected chi connectivity index (χ1v) is 9.81. The molecule has 1 heterocycles. The van der Waals surface area contributed by atoms with E-state index in [-0.39, 0.29) is 27.6 Å². The largest absolute Gasteiger partial charge is 0.333 e. The molecule has 2 unspecified atom stereocenters. The van der Waals surface area contributed by atoms with Gasteiger partial charge in [0, 0.05) is 5.41 Å². The molecular formula is C21H31N2O3+. The number of piperidine rings is 1. The summed E-state index contributed by atoms with van der Waals surface area (Å²) in [6.07, 6.45) is 3.73. The second-order valence-corrected chi connectivity index (χ2v) is 8.42. The number of hydrogen-bond acceptors (Lipinski definition) is 4. The zero-order valence-electron chi connectivity index (χ0n) is 16.3. The van der Waals surface area contributed by atoms with E-state index in [1.54, 1.807) is 12.1 Å². The van der Waals surface area contributed by atoms with E-state index in [2.05, 4.69) is 19.3 Å². The number of nitrogens with one attached hydrogen (secondary N) is 1. The number of quaternary nitrogens is 1. The van der Waals surface area contributed by atoms with E-state index in [1.807, 2.05) is 26.0 Å². The SMILES string of the molecule is CCCC[N+]1(CCCC)C(=O)C2C(C)(C)C2(c2ccc(NO)cc2)C1=O. The topological polar surface area (TPSA) is 66.4 Å². The summed E-state index contributed by atoms with van der Waals surface area (Å²) in [5, 5.41) is 9.07. The molecule has 0 spiro atoms. The van der Waals surface area contributed by atoms with Gasteiger partial charge >= 0.3 is 11.8 Å². The van der Waals surface area contributed by atoms with Crippen LogP contribution in [0.5, 0.6) is 0 Å². The molecule has 1 aliphatic heterocycles. The highest BCUT2D eigenvalue weighted by molar-refractivity contribution is 6.09. The molecule has 1 aliphatic carbocycles. The third-order valence-electron chi connectivity index (χ3n) is 6.74. The fourth-order valence-electron chi connectivity index (χ4n) is 5.20. The van der Waals surface area contributed by atoms with Gasteiger partial charge in [-0.05, 0) is 30.5 Å². The van der Waals surface area contributed by atoms with E-state index in [0.29, 0.717) is 18.8 Å². The number of imide groups is 1. The molecule has 26 heavy (non-hydrogen) atoms. The van der Waals surface area contributed by atoms with Crippen molar-refractivity contribution in [3.8, 4) is 0 Å². The molecule has 2 amide bonds. The van der Waals surface area contributed by atoms with Crippen LogP contribution in [-0.2, 0) is 15.0 Å². The Morgan fingerprint density at radius 1 is 1.04 bits per heavy atom. The number of anilines is 1. The van der Waals surface area contributed by atoms with Gasteiger partial charge in [0.15, 0.2) is 0 Å². The minimum atomic E-state index is -0.723. The predicted octanol–water partition coefficient (Wildman–Crippen LogP) is 3.87. The molecular weight excluding hydrogens is 328 g/mol. The van der Waals surface area contributed by atoms with Crippen LogP contribution in [0.1, 0.15) is 58.9 Å². The monoisotopic (exact) mass is 359 g/mol. The Balaban J connectivity index is 2.06. The molecule has 5 nitrogen and oxygen atoms in total. The predicted molar refractivity (Wildman–Crippen MR) is 101 cm³/mol. The highest BCUT2D eigenvalue weighted by Gasteiger charge is 2.91. The van der Waals surface area contributed by atoms with Gasteiger partial charge in [0.2, 0.25) is 0 Å². The lowest BCUT2D eigenvalue weighted by Crippen LogP contribution is -2.59. The molecule has 1 saturated heterocycles. The Morgan fingerprint density at radius 3 is 2.04 bits per heavy atom. The zero-order valence-corrected chi connectivity index (χ0v) is 16.3. The molecule has 1 aromatic rings. The number of carbonyl (C=O) groups excluding carboxylic acids is 2. The Morgan fingerprint density at radius 2 is 1.58 bits per heavy atom. The lowest BCUT2D eigenvalue weighted by molar-refractivity contribution is -0.778. The average molecular weight is 359 g/mol. The molecule has 2 fully saturated rings. The van der Waals surface area contributed by atoms with Crippen LogP contribution < -0.4 is 5.48 Å². The van der Waals surface area contributed by atoms with Gasteiger partial charge in [-0.3, -0.25) is 10.7 Å². The molecule has 1 saturated carbocycles. The normalized spacial score (nSPS) is 28.1. The van der Waals surface area contributed by atoms with E-state index in [4.69, 9.17) is 5.21 Å². The highest BCUT2D eigenvalue weighted by atomic mass is 16.5. The summed E-state index contributed by atoms with van der Waals surface area (Å²) < 4.78 is 0.0236. The fourth-order valence-corrected chi connectivity index (χ4v) is 5.20. The van der Waals surface area contributed by atoms with Gasteiger partial charge in [0.1, 0.15) is 11.3 Å². The second-order valence-electron chi connectivity index (χ2n) is 8.42. The number of likely N-dealkylation sites (tertiary alicyclic amines) is 1. The number of fused-ring (bicyclic) bond motifs is 1. The van der Waals surface area contributed by atoms with Crippen LogP contribution in [0, 0.1) is 11.3 Å². The summed E-state index contributed by atoms with van der Waals surface area (Å²) in [5.41, 5.74) is 2.53. The lowest BCUT2D eigenvalue weighted by atomic mass is 9.86. The molecule has 3 rings (SSSR count). The second kappa shape index (κ2) is 6.46. The zero-order chi connectivity index (χ0) is 19.2. The Labute approximate surface area is 155 Å². The van der Waals surface area contributed by atoms with Gasteiger partial charge in [-0.2, -0.15) is 4.48 Å². The first kappa shape index (κ1) is 19.1. The van der Waals surface area contributed by atoms with Crippen LogP contribution in [0.25, 0.3) is 0 Å². The van der Waals surface area contributed by atoms with Gasteiger partial charge in [-0.25, -0.2) is 9.59 Å². The number of benzene rings is 1. The van der Waals surface area contributed by atoms with Crippen molar-refractivity contribution >= 4 is 17.5 Å². The summed E-state index contributed by atoms with van der Waals surface area (Å²) in [5.74, 6) is -0.0421. The first-order chi connectivity index (χ1) is 12.3. The minimum absolute atomic E-state index is 0.0236. The summed E-state index contributed by atoms with van der Waals surface area (Å²) >= 11 is 0. The lowest BCUT2D eigenvalue weighted by Gasteiger charge is -2.34.